The number of pyridine rings is 1. The van der Waals surface area contributed by atoms with Crippen LogP contribution in [0.3, 0.4) is 0 Å². The van der Waals surface area contributed by atoms with Crippen LogP contribution in [-0.4, -0.2) is 10.9 Å². The summed E-state index contributed by atoms with van der Waals surface area (Å²) >= 11 is 3.09. The number of carbonyl (C=O) groups is 1. The Bertz CT molecular complexity index is 616. The first-order valence-electron chi connectivity index (χ1n) is 5.71. The fourth-order valence-corrected chi connectivity index (χ4v) is 2.05. The van der Waals surface area contributed by atoms with E-state index < -0.39 is 0 Å². The van der Waals surface area contributed by atoms with E-state index in [1.807, 2.05) is 13.0 Å². The molecule has 0 saturated carbocycles. The lowest BCUT2D eigenvalue weighted by atomic mass is 10.1. The Morgan fingerprint density at radius 2 is 2.16 bits per heavy atom. The predicted octanol–water partition coefficient (Wildman–Crippen LogP) is 3.47. The maximum atomic E-state index is 13.1. The molecule has 0 saturated heterocycles. The van der Waals surface area contributed by atoms with Crippen LogP contribution in [0.4, 0.5) is 10.2 Å². The van der Waals surface area contributed by atoms with Gasteiger partial charge in [-0.25, -0.2) is 9.37 Å². The third-order valence-electron chi connectivity index (χ3n) is 2.53. The maximum Gasteiger partial charge on any atom is 0.229 e. The summed E-state index contributed by atoms with van der Waals surface area (Å²) in [6, 6.07) is 8.16. The Hall–Kier alpha value is -1.75. The average molecular weight is 323 g/mol. The Labute approximate surface area is 119 Å². The van der Waals surface area contributed by atoms with Gasteiger partial charge < -0.3 is 5.32 Å². The highest BCUT2D eigenvalue weighted by atomic mass is 79.9. The molecule has 0 unspecified atom stereocenters. The van der Waals surface area contributed by atoms with Crippen molar-refractivity contribution in [2.24, 2.45) is 0 Å². The van der Waals surface area contributed by atoms with Gasteiger partial charge in [0.2, 0.25) is 5.91 Å². The van der Waals surface area contributed by atoms with Gasteiger partial charge in [0.25, 0.3) is 0 Å². The van der Waals surface area contributed by atoms with Crippen molar-refractivity contribution in [3.05, 3.63) is 57.9 Å². The summed E-state index contributed by atoms with van der Waals surface area (Å²) in [6.07, 6.45) is 1.81. The zero-order chi connectivity index (χ0) is 13.8. The second-order valence-corrected chi connectivity index (χ2v) is 5.05. The molecular formula is C14H12BrFN2O. The number of carbonyl (C=O) groups excluding carboxylic acids is 1. The van der Waals surface area contributed by atoms with Crippen molar-refractivity contribution < 1.29 is 9.18 Å². The van der Waals surface area contributed by atoms with Crippen LogP contribution in [0.15, 0.2) is 41.0 Å². The lowest BCUT2D eigenvalue weighted by Gasteiger charge is -2.05. The molecule has 0 radical (unpaired) electrons. The van der Waals surface area contributed by atoms with Crippen LogP contribution < -0.4 is 5.32 Å². The predicted molar refractivity (Wildman–Crippen MR) is 75.4 cm³/mol. The van der Waals surface area contributed by atoms with Gasteiger partial charge in [0, 0.05) is 6.20 Å². The molecule has 0 aliphatic carbocycles. The Balaban J connectivity index is 2.03. The summed E-state index contributed by atoms with van der Waals surface area (Å²) in [5.41, 5.74) is 1.76. The molecule has 1 aromatic heterocycles. The van der Waals surface area contributed by atoms with E-state index in [2.05, 4.69) is 26.2 Å². The minimum Gasteiger partial charge on any atom is -0.310 e. The van der Waals surface area contributed by atoms with Gasteiger partial charge in [-0.15, -0.1) is 0 Å². The van der Waals surface area contributed by atoms with Crippen molar-refractivity contribution in [3.63, 3.8) is 0 Å². The summed E-state index contributed by atoms with van der Waals surface area (Å²) in [7, 11) is 0. The SMILES string of the molecule is Cc1ccnc(NC(=O)Cc2ccc(F)c(Br)c2)c1. The van der Waals surface area contributed by atoms with E-state index in [4.69, 9.17) is 0 Å². The van der Waals surface area contributed by atoms with Gasteiger partial charge in [0.15, 0.2) is 0 Å². The first kappa shape index (κ1) is 13.7. The Kier molecular flexibility index (Phi) is 4.27. The molecule has 0 fully saturated rings. The fourth-order valence-electron chi connectivity index (χ4n) is 1.63. The summed E-state index contributed by atoms with van der Waals surface area (Å²) in [4.78, 5) is 15.9. The van der Waals surface area contributed by atoms with E-state index in [0.717, 1.165) is 11.1 Å². The van der Waals surface area contributed by atoms with E-state index in [1.54, 1.807) is 24.4 Å². The minimum atomic E-state index is -0.343. The molecule has 0 aliphatic heterocycles. The molecule has 0 atom stereocenters. The number of anilines is 1. The van der Waals surface area contributed by atoms with Crippen LogP contribution in [0, 0.1) is 12.7 Å². The molecule has 1 heterocycles. The molecule has 1 N–H and O–H groups in total. The third-order valence-corrected chi connectivity index (χ3v) is 3.14. The van der Waals surface area contributed by atoms with Gasteiger partial charge >= 0.3 is 0 Å². The summed E-state index contributed by atoms with van der Waals surface area (Å²) < 4.78 is 13.4. The molecule has 5 heteroatoms. The second kappa shape index (κ2) is 5.93. The van der Waals surface area contributed by atoms with Crippen LogP contribution >= 0.6 is 15.9 Å². The zero-order valence-corrected chi connectivity index (χ0v) is 11.9. The number of hydrogen-bond donors (Lipinski definition) is 1. The lowest BCUT2D eigenvalue weighted by Crippen LogP contribution is -2.15. The number of rotatable bonds is 3. The highest BCUT2D eigenvalue weighted by Crippen LogP contribution is 2.17. The first-order valence-corrected chi connectivity index (χ1v) is 6.50. The molecule has 2 aromatic rings. The first-order chi connectivity index (χ1) is 9.04. The van der Waals surface area contributed by atoms with Crippen molar-refractivity contribution >= 4 is 27.7 Å². The summed E-state index contributed by atoms with van der Waals surface area (Å²) in [5.74, 6) is -0.00713. The molecule has 0 spiro atoms. The van der Waals surface area contributed by atoms with E-state index in [0.29, 0.717) is 10.3 Å². The van der Waals surface area contributed by atoms with Crippen LogP contribution in [-0.2, 0) is 11.2 Å². The topological polar surface area (TPSA) is 42.0 Å². The monoisotopic (exact) mass is 322 g/mol. The molecule has 19 heavy (non-hydrogen) atoms. The zero-order valence-electron chi connectivity index (χ0n) is 10.3. The minimum absolute atomic E-state index is 0.175. The fraction of sp³-hybridized carbons (Fsp3) is 0.143. The number of benzene rings is 1. The van der Waals surface area contributed by atoms with Crippen molar-refractivity contribution in [3.8, 4) is 0 Å². The second-order valence-electron chi connectivity index (χ2n) is 4.19. The number of hydrogen-bond acceptors (Lipinski definition) is 2. The van der Waals surface area contributed by atoms with E-state index >= 15 is 0 Å². The third kappa shape index (κ3) is 3.86. The molecule has 0 bridgehead atoms. The number of amides is 1. The molecule has 2 rings (SSSR count). The smallest absolute Gasteiger partial charge is 0.229 e. The van der Waals surface area contributed by atoms with Gasteiger partial charge in [-0.3, -0.25) is 4.79 Å². The number of nitrogens with zero attached hydrogens (tertiary/aromatic N) is 1. The number of halogens is 2. The summed E-state index contributed by atoms with van der Waals surface area (Å²) in [5, 5.41) is 2.71. The Morgan fingerprint density at radius 3 is 2.84 bits per heavy atom. The quantitative estimate of drug-likeness (QED) is 0.940. The largest absolute Gasteiger partial charge is 0.310 e. The van der Waals surface area contributed by atoms with Crippen LogP contribution in [0.25, 0.3) is 0 Å². The van der Waals surface area contributed by atoms with Gasteiger partial charge in [-0.05, 0) is 58.2 Å². The van der Waals surface area contributed by atoms with Crippen molar-refractivity contribution in [2.75, 3.05) is 5.32 Å². The van der Waals surface area contributed by atoms with Crippen molar-refractivity contribution in [2.45, 2.75) is 13.3 Å². The van der Waals surface area contributed by atoms with Crippen LogP contribution in [0.5, 0.6) is 0 Å². The highest BCUT2D eigenvalue weighted by Gasteiger charge is 2.07. The standard InChI is InChI=1S/C14H12BrFN2O/c1-9-4-5-17-13(6-9)18-14(19)8-10-2-3-12(16)11(15)7-10/h2-7H,8H2,1H3,(H,17,18,19). The number of nitrogens with one attached hydrogen (secondary N) is 1. The van der Waals surface area contributed by atoms with E-state index in [-0.39, 0.29) is 18.1 Å². The van der Waals surface area contributed by atoms with Crippen molar-refractivity contribution in [1.29, 1.82) is 0 Å². The van der Waals surface area contributed by atoms with Gasteiger partial charge in [-0.2, -0.15) is 0 Å². The summed E-state index contributed by atoms with van der Waals surface area (Å²) in [6.45, 7) is 1.93. The van der Waals surface area contributed by atoms with E-state index in [1.165, 1.54) is 6.07 Å². The molecular weight excluding hydrogens is 311 g/mol. The number of aromatic nitrogens is 1. The molecule has 1 aromatic carbocycles. The van der Waals surface area contributed by atoms with Gasteiger partial charge in [0.05, 0.1) is 10.9 Å². The normalized spacial score (nSPS) is 10.3. The van der Waals surface area contributed by atoms with Gasteiger partial charge in [-0.1, -0.05) is 6.07 Å². The molecule has 98 valence electrons. The molecule has 0 aliphatic rings. The highest BCUT2D eigenvalue weighted by molar-refractivity contribution is 9.10. The maximum absolute atomic E-state index is 13.1. The van der Waals surface area contributed by atoms with Gasteiger partial charge in [0.1, 0.15) is 11.6 Å². The number of aryl methyl sites for hydroxylation is 1. The molecule has 3 nitrogen and oxygen atoms in total. The lowest BCUT2D eigenvalue weighted by molar-refractivity contribution is -0.115. The van der Waals surface area contributed by atoms with E-state index in [9.17, 15) is 9.18 Å². The Morgan fingerprint density at radius 1 is 1.37 bits per heavy atom. The average Bonchev–Trinajstić information content (AvgIpc) is 2.34. The van der Waals surface area contributed by atoms with Crippen LogP contribution in [0.1, 0.15) is 11.1 Å². The van der Waals surface area contributed by atoms with Crippen LogP contribution in [0.2, 0.25) is 0 Å². The molecule has 1 amide bonds. The van der Waals surface area contributed by atoms with Crippen molar-refractivity contribution in [1.82, 2.24) is 4.98 Å².